The van der Waals surface area contributed by atoms with Gasteiger partial charge < -0.3 is 10.6 Å². The highest BCUT2D eigenvalue weighted by Crippen LogP contribution is 2.19. The molecule has 0 unspecified atom stereocenters. The molecule has 0 aromatic carbocycles. The van der Waals surface area contributed by atoms with Gasteiger partial charge in [-0.05, 0) is 6.42 Å². The van der Waals surface area contributed by atoms with Crippen LogP contribution < -0.4 is 10.6 Å². The molecule has 2 heterocycles. The highest BCUT2D eigenvalue weighted by Gasteiger charge is 2.11. The number of aromatic nitrogens is 4. The monoisotopic (exact) mass is 312 g/mol. The van der Waals surface area contributed by atoms with Gasteiger partial charge in [-0.1, -0.05) is 13.8 Å². The van der Waals surface area contributed by atoms with Crippen molar-refractivity contribution in [2.45, 2.75) is 20.3 Å². The highest BCUT2D eigenvalue weighted by atomic mass is 32.2. The summed E-state index contributed by atoms with van der Waals surface area (Å²) < 4.78 is 23.0. The second-order valence-electron chi connectivity index (χ2n) is 4.62. The summed E-state index contributed by atoms with van der Waals surface area (Å²) in [5.41, 5.74) is 0.615. The molecular weight excluding hydrogens is 292 g/mol. The lowest BCUT2D eigenvalue weighted by Crippen LogP contribution is -2.18. The van der Waals surface area contributed by atoms with Gasteiger partial charge in [-0.2, -0.15) is 15.1 Å². The van der Waals surface area contributed by atoms with Gasteiger partial charge in [0.15, 0.2) is 15.5 Å². The molecule has 0 saturated carbocycles. The van der Waals surface area contributed by atoms with Gasteiger partial charge in [-0.25, -0.2) is 8.42 Å². The van der Waals surface area contributed by atoms with Gasteiger partial charge in [0.1, 0.15) is 5.82 Å². The predicted octanol–water partition coefficient (Wildman–Crippen LogP) is 1.02. The largest absolute Gasteiger partial charge is 0.368 e. The van der Waals surface area contributed by atoms with Crippen molar-refractivity contribution < 1.29 is 8.42 Å². The molecule has 0 amide bonds. The summed E-state index contributed by atoms with van der Waals surface area (Å²) in [7, 11) is -3.00. The number of aromatic amines is 1. The molecular formula is C12H20N6O2S. The molecule has 3 N–H and O–H groups in total. The lowest BCUT2D eigenvalue weighted by molar-refractivity contribution is 0.597. The summed E-state index contributed by atoms with van der Waals surface area (Å²) in [5.74, 6) is 1.29. The molecule has 116 valence electrons. The summed E-state index contributed by atoms with van der Waals surface area (Å²) in [4.78, 5) is 8.68. The summed E-state index contributed by atoms with van der Waals surface area (Å²) in [6, 6.07) is 0. The molecule has 2 aromatic heterocycles. The van der Waals surface area contributed by atoms with E-state index in [0.29, 0.717) is 24.0 Å². The predicted molar refractivity (Wildman–Crippen MR) is 83.3 cm³/mol. The minimum atomic E-state index is -3.00. The van der Waals surface area contributed by atoms with Gasteiger partial charge in [0.05, 0.1) is 17.3 Å². The Balaban J connectivity index is 2.15. The van der Waals surface area contributed by atoms with Crippen LogP contribution in [-0.4, -0.2) is 53.2 Å². The van der Waals surface area contributed by atoms with Crippen LogP contribution >= 0.6 is 0 Å². The fraction of sp³-hybridized carbons (Fsp3) is 0.583. The summed E-state index contributed by atoms with van der Waals surface area (Å²) in [6.45, 7) is 4.77. The van der Waals surface area contributed by atoms with E-state index in [0.717, 1.165) is 18.4 Å². The minimum Gasteiger partial charge on any atom is -0.368 e. The molecule has 9 heteroatoms. The number of sulfone groups is 1. The molecule has 0 aliphatic rings. The molecule has 2 aromatic rings. The first-order valence-electron chi connectivity index (χ1n) is 6.95. The number of hydrogen-bond acceptors (Lipinski definition) is 7. The molecule has 21 heavy (non-hydrogen) atoms. The normalized spacial score (nSPS) is 11.7. The van der Waals surface area contributed by atoms with Crippen molar-refractivity contribution in [3.63, 3.8) is 0 Å². The van der Waals surface area contributed by atoms with Crippen molar-refractivity contribution in [3.8, 4) is 0 Å². The summed E-state index contributed by atoms with van der Waals surface area (Å²) >= 11 is 0. The van der Waals surface area contributed by atoms with E-state index >= 15 is 0 Å². The number of anilines is 2. The van der Waals surface area contributed by atoms with Gasteiger partial charge >= 0.3 is 0 Å². The Bertz CT molecular complexity index is 697. The van der Waals surface area contributed by atoms with Crippen molar-refractivity contribution >= 4 is 32.6 Å². The Labute approximate surface area is 123 Å². The SMILES string of the molecule is CCCNc1nc(NCCS(=O)(=O)CC)c2cn[nH]c2n1. The van der Waals surface area contributed by atoms with Crippen molar-refractivity contribution in [2.24, 2.45) is 0 Å². The standard InChI is InChI=1S/C12H20N6O2S/c1-3-5-14-12-16-10(9-8-15-18-11(9)17-12)13-6-7-21(19,20)4-2/h8H,3-7H2,1-2H3,(H3,13,14,15,16,17,18). The van der Waals surface area contributed by atoms with E-state index < -0.39 is 9.84 Å². The van der Waals surface area contributed by atoms with E-state index in [9.17, 15) is 8.42 Å². The lowest BCUT2D eigenvalue weighted by Gasteiger charge is -2.09. The first kappa shape index (κ1) is 15.5. The van der Waals surface area contributed by atoms with E-state index in [-0.39, 0.29) is 11.5 Å². The molecule has 0 radical (unpaired) electrons. The summed E-state index contributed by atoms with van der Waals surface area (Å²) in [6.07, 6.45) is 2.58. The van der Waals surface area contributed by atoms with Crippen LogP contribution in [0.15, 0.2) is 6.20 Å². The van der Waals surface area contributed by atoms with Gasteiger partial charge in [0.2, 0.25) is 5.95 Å². The van der Waals surface area contributed by atoms with E-state index in [1.165, 1.54) is 0 Å². The molecule has 0 bridgehead atoms. The number of nitrogens with zero attached hydrogens (tertiary/aromatic N) is 3. The number of nitrogens with one attached hydrogen (secondary N) is 3. The zero-order valence-corrected chi connectivity index (χ0v) is 13.0. The van der Waals surface area contributed by atoms with Crippen LogP contribution in [0, 0.1) is 0 Å². The first-order valence-corrected chi connectivity index (χ1v) is 8.77. The van der Waals surface area contributed by atoms with E-state index in [1.807, 2.05) is 0 Å². The zero-order valence-electron chi connectivity index (χ0n) is 12.2. The van der Waals surface area contributed by atoms with Crippen LogP contribution in [0.3, 0.4) is 0 Å². The third kappa shape index (κ3) is 4.03. The van der Waals surface area contributed by atoms with Crippen LogP contribution in [0.1, 0.15) is 20.3 Å². The third-order valence-electron chi connectivity index (χ3n) is 2.99. The van der Waals surface area contributed by atoms with Crippen LogP contribution in [0.4, 0.5) is 11.8 Å². The minimum absolute atomic E-state index is 0.0740. The third-order valence-corrected chi connectivity index (χ3v) is 4.69. The summed E-state index contributed by atoms with van der Waals surface area (Å²) in [5, 5.41) is 13.6. The maximum atomic E-state index is 11.5. The zero-order chi connectivity index (χ0) is 15.3. The molecule has 0 aliphatic carbocycles. The van der Waals surface area contributed by atoms with E-state index in [4.69, 9.17) is 0 Å². The highest BCUT2D eigenvalue weighted by molar-refractivity contribution is 7.91. The molecule has 0 spiro atoms. The molecule has 0 fully saturated rings. The number of H-pyrrole nitrogens is 1. The van der Waals surface area contributed by atoms with Gasteiger partial charge in [-0.3, -0.25) is 5.10 Å². The molecule has 8 nitrogen and oxygen atoms in total. The fourth-order valence-electron chi connectivity index (χ4n) is 1.75. The van der Waals surface area contributed by atoms with Crippen LogP contribution in [-0.2, 0) is 9.84 Å². The topological polar surface area (TPSA) is 113 Å². The van der Waals surface area contributed by atoms with Crippen molar-refractivity contribution in [1.29, 1.82) is 0 Å². The average Bonchev–Trinajstić information content (AvgIpc) is 2.93. The Morgan fingerprint density at radius 2 is 2.00 bits per heavy atom. The van der Waals surface area contributed by atoms with E-state index in [1.54, 1.807) is 13.1 Å². The van der Waals surface area contributed by atoms with Crippen LogP contribution in [0.2, 0.25) is 0 Å². The first-order chi connectivity index (χ1) is 10.1. The van der Waals surface area contributed by atoms with Crippen LogP contribution in [0.5, 0.6) is 0 Å². The average molecular weight is 312 g/mol. The lowest BCUT2D eigenvalue weighted by atomic mass is 10.4. The fourth-order valence-corrected chi connectivity index (χ4v) is 2.46. The second-order valence-corrected chi connectivity index (χ2v) is 7.09. The Morgan fingerprint density at radius 3 is 2.71 bits per heavy atom. The van der Waals surface area contributed by atoms with Crippen LogP contribution in [0.25, 0.3) is 11.0 Å². The van der Waals surface area contributed by atoms with Crippen molar-refractivity contribution in [3.05, 3.63) is 6.20 Å². The Kier molecular flexibility index (Phi) is 4.94. The maximum absolute atomic E-state index is 11.5. The van der Waals surface area contributed by atoms with Gasteiger partial charge in [0.25, 0.3) is 0 Å². The Hall–Kier alpha value is -1.90. The van der Waals surface area contributed by atoms with Gasteiger partial charge in [-0.15, -0.1) is 0 Å². The van der Waals surface area contributed by atoms with Gasteiger partial charge in [0, 0.05) is 18.8 Å². The quantitative estimate of drug-likeness (QED) is 0.667. The molecule has 0 atom stereocenters. The maximum Gasteiger partial charge on any atom is 0.226 e. The molecule has 2 rings (SSSR count). The smallest absolute Gasteiger partial charge is 0.226 e. The van der Waals surface area contributed by atoms with Crippen molar-refractivity contribution in [1.82, 2.24) is 20.2 Å². The number of rotatable bonds is 8. The number of hydrogen-bond donors (Lipinski definition) is 3. The number of fused-ring (bicyclic) bond motifs is 1. The molecule has 0 aliphatic heterocycles. The second kappa shape index (κ2) is 6.70. The molecule has 0 saturated heterocycles. The Morgan fingerprint density at radius 1 is 1.19 bits per heavy atom. The van der Waals surface area contributed by atoms with Crippen molar-refractivity contribution in [2.75, 3.05) is 35.2 Å². The van der Waals surface area contributed by atoms with E-state index in [2.05, 4.69) is 37.7 Å².